The normalized spacial score (nSPS) is 25.7. The van der Waals surface area contributed by atoms with Gasteiger partial charge in [0.2, 0.25) is 100 Å². The highest BCUT2D eigenvalue weighted by atomic mass is 32.2. The van der Waals surface area contributed by atoms with Gasteiger partial charge in [0.25, 0.3) is 0 Å². The number of phenolic OH excluding ortho intramolecular Hbond substituents is 1. The zero-order chi connectivity index (χ0) is 97.9. The van der Waals surface area contributed by atoms with E-state index in [4.69, 9.17) is 21.9 Å². The van der Waals surface area contributed by atoms with Crippen LogP contribution in [0.15, 0.2) is 102 Å². The molecule has 0 saturated carbocycles. The van der Waals surface area contributed by atoms with Gasteiger partial charge in [0.15, 0.2) is 0 Å². The second-order valence-electron chi connectivity index (χ2n) is 35.1. The number of allylic oxidation sites excluding steroid dienone is 1. The molecule has 5 aliphatic heterocycles. The predicted molar refractivity (Wildman–Crippen MR) is 497 cm³/mol. The molecule has 0 spiro atoms. The molecule has 15 atom stereocenters. The minimum absolute atomic E-state index is 0.00149. The van der Waals surface area contributed by atoms with Crippen LogP contribution in [-0.4, -0.2) is 325 Å². The molecule has 5 aliphatic rings. The fraction of sp³-hybridized carbons (Fsp3) is 0.543. The van der Waals surface area contributed by atoms with Gasteiger partial charge in [-0.25, -0.2) is 0 Å². The lowest BCUT2D eigenvalue weighted by molar-refractivity contribution is -0.152. The molecule has 1 unspecified atom stereocenters. The Morgan fingerprint density at radius 2 is 1.10 bits per heavy atom. The first kappa shape index (κ1) is 104. The van der Waals surface area contributed by atoms with E-state index >= 15 is 47.9 Å². The van der Waals surface area contributed by atoms with E-state index in [1.54, 1.807) is 87.1 Å². The van der Waals surface area contributed by atoms with Gasteiger partial charge >= 0.3 is 0 Å². The second kappa shape index (κ2) is 49.9. The van der Waals surface area contributed by atoms with E-state index in [1.165, 1.54) is 43.3 Å². The maximum Gasteiger partial charge on any atom is 0.246 e. The number of aliphatic hydroxyl groups is 2. The summed E-state index contributed by atoms with van der Waals surface area (Å²) in [6, 6.07) is -1.94. The molecule has 135 heavy (non-hydrogen) atoms. The van der Waals surface area contributed by atoms with Crippen molar-refractivity contribution < 1.29 is 102 Å². The number of nitrogens with zero attached hydrogens (tertiary/aromatic N) is 6. The predicted octanol–water partition coefficient (Wildman–Crippen LogP) is -2.29. The van der Waals surface area contributed by atoms with Gasteiger partial charge in [0, 0.05) is 124 Å². The van der Waals surface area contributed by atoms with Crippen LogP contribution in [0.1, 0.15) is 141 Å². The van der Waals surface area contributed by atoms with Gasteiger partial charge in [-0.05, 0) is 98.4 Å². The number of aromatic nitrogens is 2. The molecule has 0 radical (unpaired) electrons. The van der Waals surface area contributed by atoms with Gasteiger partial charge in [0.05, 0.1) is 44.6 Å². The number of amides is 17. The van der Waals surface area contributed by atoms with Crippen LogP contribution in [0, 0.1) is 5.92 Å². The highest BCUT2D eigenvalue weighted by Gasteiger charge is 2.48. The highest BCUT2D eigenvalue weighted by molar-refractivity contribution is 8.00. The van der Waals surface area contributed by atoms with Crippen LogP contribution in [0.25, 0.3) is 21.8 Å². The van der Waals surface area contributed by atoms with E-state index in [9.17, 15) is 48.9 Å². The molecule has 0 aliphatic carbocycles. The van der Waals surface area contributed by atoms with Crippen molar-refractivity contribution in [2.45, 2.75) is 234 Å². The van der Waals surface area contributed by atoms with Gasteiger partial charge in [-0.15, -0.1) is 11.8 Å². The third-order valence-corrected chi connectivity index (χ3v) is 25.6. The maximum atomic E-state index is 15.7. The molecule has 732 valence electrons. The van der Waals surface area contributed by atoms with Gasteiger partial charge < -0.3 is 125 Å². The number of fused-ring (bicyclic) bond motifs is 5. The third-order valence-electron chi connectivity index (χ3n) is 24.6. The Morgan fingerprint density at radius 1 is 0.563 bits per heavy atom. The number of unbranched alkanes of at least 4 members (excludes halogenated alkanes) is 2. The van der Waals surface area contributed by atoms with E-state index in [0.717, 1.165) is 31.4 Å². The van der Waals surface area contributed by atoms with Crippen molar-refractivity contribution in [3.8, 4) is 5.75 Å². The summed E-state index contributed by atoms with van der Waals surface area (Å²) in [6.45, 7) is 3.94. The number of phenols is 1. The number of likely N-dealkylation sites (N-methyl/N-ethyl adjacent to an activating group) is 2. The Morgan fingerprint density at radius 3 is 1.72 bits per heavy atom. The maximum absolute atomic E-state index is 15.7. The molecule has 2 aromatic heterocycles. The van der Waals surface area contributed by atoms with Crippen molar-refractivity contribution in [3.63, 3.8) is 0 Å². The molecule has 3 aromatic carbocycles. The van der Waals surface area contributed by atoms with E-state index < -0.39 is 235 Å². The number of carbonyl (C=O) groups excluding carboxylic acids is 17. The summed E-state index contributed by atoms with van der Waals surface area (Å²) in [5, 5.41) is 61.0. The number of primary amides is 2. The fourth-order valence-electron chi connectivity index (χ4n) is 17.4. The first-order chi connectivity index (χ1) is 64.6. The number of morpholine rings is 1. The molecule has 42 nitrogen and oxygen atoms in total. The third kappa shape index (κ3) is 28.4. The van der Waals surface area contributed by atoms with E-state index in [2.05, 4.69) is 68.1 Å². The van der Waals surface area contributed by atoms with Gasteiger partial charge in [-0.3, -0.25) is 86.5 Å². The number of aromatic amines is 2. The Labute approximate surface area is 785 Å². The monoisotopic (exact) mass is 1890 g/mol. The number of nitrogens with two attached hydrogens (primary N) is 3. The number of aliphatic imine (C=N–C) groups is 1. The lowest BCUT2D eigenvalue weighted by Gasteiger charge is -2.38. The number of para-hydroxylation sites is 2. The van der Waals surface area contributed by atoms with Crippen molar-refractivity contribution in [2.24, 2.45) is 28.1 Å². The van der Waals surface area contributed by atoms with E-state index in [-0.39, 0.29) is 115 Å². The van der Waals surface area contributed by atoms with Crippen LogP contribution in [0.5, 0.6) is 5.75 Å². The molecular weight excluding hydrogens is 1770 g/mol. The summed E-state index contributed by atoms with van der Waals surface area (Å²) in [7, 11) is 2.72. The molecule has 4 saturated heterocycles. The number of ether oxygens (including phenoxy) is 1. The SMILES string of the molecule is CCCC[C@H]1C(=O)N(C)[C@@H](CCCC)C(=O)N[C@@H](CCCN)C(=O)N[C@H](C(=O)NCC(N)=O)CSCC(=O)N[C@@H](Cc2ccc(O)cc2)C(=O)N2CCOCC2C(=O)N[C@@H](CC(N)=O)C(=O)N2CCC[C@H]2C(=O)N[C@@H](CC2=CCC=N2)C(=O)N[C@@H](CC(C)C)C(=O)N2C[C@H](O)C[C@H]2C(=O)N[C@@H](Cc2c[nH]c3ccccc23)C(=O)N[C@@H](CO)C(=O)N[C@@H](Cc2c[nH]c3ccccc23)C(=O)N1C. The smallest absolute Gasteiger partial charge is 0.246 e. The van der Waals surface area contributed by atoms with Crippen LogP contribution >= 0.6 is 11.8 Å². The Bertz CT molecular complexity index is 5160. The summed E-state index contributed by atoms with van der Waals surface area (Å²) in [5.74, 6) is -17.3. The number of thioether (sulfide) groups is 1. The summed E-state index contributed by atoms with van der Waals surface area (Å²) < 4.78 is 5.74. The Hall–Kier alpha value is -12.9. The zero-order valence-corrected chi connectivity index (χ0v) is 77.6. The number of benzene rings is 3. The van der Waals surface area contributed by atoms with Gasteiger partial charge in [-0.1, -0.05) is 108 Å². The summed E-state index contributed by atoms with van der Waals surface area (Å²) in [4.78, 5) is 268. The van der Waals surface area contributed by atoms with Crippen molar-refractivity contribution in [1.82, 2.24) is 87.6 Å². The number of H-pyrrole nitrogens is 2. The highest BCUT2D eigenvalue weighted by Crippen LogP contribution is 2.29. The minimum atomic E-state index is -1.88. The largest absolute Gasteiger partial charge is 0.508 e. The quantitative estimate of drug-likeness (QED) is 0.0292. The Kier molecular flexibility index (Phi) is 38.5. The van der Waals surface area contributed by atoms with Crippen LogP contribution < -0.4 is 70.4 Å². The average Bonchev–Trinajstić information content (AvgIpc) is 1.43. The summed E-state index contributed by atoms with van der Waals surface area (Å²) in [5.41, 5.74) is 20.3. The summed E-state index contributed by atoms with van der Waals surface area (Å²) >= 11 is 0.784. The lowest BCUT2D eigenvalue weighted by atomic mass is 10.00. The molecule has 21 N–H and O–H groups in total. The average molecular weight is 1900 g/mol. The van der Waals surface area contributed by atoms with Crippen molar-refractivity contribution in [1.29, 1.82) is 0 Å². The van der Waals surface area contributed by atoms with Crippen molar-refractivity contribution >= 4 is 140 Å². The molecule has 5 aromatic rings. The summed E-state index contributed by atoms with van der Waals surface area (Å²) in [6.07, 6.45) is 5.00. The first-order valence-corrected chi connectivity index (χ1v) is 47.0. The number of carbonyl (C=O) groups is 17. The molecule has 17 amide bonds. The topological polar surface area (TPSA) is 619 Å². The molecule has 7 heterocycles. The molecule has 10 rings (SSSR count). The number of hydrogen-bond acceptors (Lipinski definition) is 24. The number of rotatable bonds is 25. The van der Waals surface area contributed by atoms with Crippen LogP contribution in [0.3, 0.4) is 0 Å². The standard InChI is InChI=1S/C92H127N21O21S/c1-7-9-24-71-84(125)101-62(23-15-31-93)80(121)108-70(79(120)99-45-77(95)118)49-135-50-78(119)100-66(37-52-27-29-56(115)30-28-52)89(130)112-34-35-134-48-75(112)87(128)106-68(42-76(94)117)90(131)111-33-17-26-72(111)85(126)103-64(40-55-18-16-32-96-55)82(123)104-65(36-51(3)4)91(132)113-46-57(116)41-74(113)86(127)102-63(38-53-43-97-60-21-13-11-19-58(53)60)81(122)107-69(47-114)83(124)105-67(39-54-44-98-61-22-14-12-20-59(54)61)88(129)110(6)73(25-10-8-2)92(133)109(71)5/h11-14,18-22,27-30,32,43-44,51,57,62-75,97-98,114-116H,7-10,15-17,23-26,31,33-42,45-50,93H2,1-6H3,(H2,94,117)(H2,95,118)(H,99,120)(H,100,119)(H,101,125)(H,102,127)(H,103,126)(H,104,123)(H,105,124)(H,106,128)(H,107,122)(H,108,121)/t57-,62+,63+,64+,65+,66+,67+,68+,69+,70+,71+,72+,73+,74+,75?/m1/s1. The van der Waals surface area contributed by atoms with Crippen LogP contribution in [0.2, 0.25) is 0 Å². The van der Waals surface area contributed by atoms with Crippen LogP contribution in [-0.2, 0) is 106 Å². The number of hydrogen-bond donors (Lipinski definition) is 18. The van der Waals surface area contributed by atoms with Crippen molar-refractivity contribution in [2.75, 3.05) is 78.1 Å². The second-order valence-corrected chi connectivity index (χ2v) is 36.1. The Balaban J connectivity index is 1.02. The first-order valence-electron chi connectivity index (χ1n) is 45.9. The van der Waals surface area contributed by atoms with E-state index in [1.807, 2.05) is 13.8 Å². The minimum Gasteiger partial charge on any atom is -0.508 e. The number of nitrogens with one attached hydrogen (secondary N) is 12. The molecular formula is C92H127N21O21S. The molecule has 43 heteroatoms. The molecule has 4 fully saturated rings. The van der Waals surface area contributed by atoms with Crippen LogP contribution in [0.4, 0.5) is 0 Å². The zero-order valence-electron chi connectivity index (χ0n) is 76.8. The van der Waals surface area contributed by atoms with Crippen molar-refractivity contribution in [3.05, 3.63) is 114 Å². The van der Waals surface area contributed by atoms with E-state index in [0.29, 0.717) is 76.3 Å². The number of aromatic hydroxyl groups is 1. The van der Waals surface area contributed by atoms with Gasteiger partial charge in [0.1, 0.15) is 90.3 Å². The van der Waals surface area contributed by atoms with Gasteiger partial charge in [-0.2, -0.15) is 0 Å². The fourth-order valence-corrected chi connectivity index (χ4v) is 18.2. The lowest BCUT2D eigenvalue weighted by Crippen LogP contribution is -2.63. The molecule has 0 bridgehead atoms. The number of aliphatic hydroxyl groups excluding tert-OH is 2.